The van der Waals surface area contributed by atoms with Crippen molar-refractivity contribution in [3.63, 3.8) is 0 Å². The van der Waals surface area contributed by atoms with Crippen molar-refractivity contribution in [3.05, 3.63) is 94.3 Å². The lowest BCUT2D eigenvalue weighted by Gasteiger charge is -2.14. The van der Waals surface area contributed by atoms with Gasteiger partial charge >= 0.3 is 5.76 Å². The molecule has 0 saturated heterocycles. The Bertz CT molecular complexity index is 1640. The summed E-state index contributed by atoms with van der Waals surface area (Å²) in [6.45, 7) is 2.05. The van der Waals surface area contributed by atoms with Crippen molar-refractivity contribution >= 4 is 22.9 Å². The topological polar surface area (TPSA) is 161 Å². The number of aryl methyl sites for hydroxylation is 1. The molecule has 37 heavy (non-hydrogen) atoms. The van der Waals surface area contributed by atoms with Crippen LogP contribution < -0.4 is 16.4 Å². The SMILES string of the molecule is C[C@H](NC(=O)c1cc(C(=O)NCc2ccc3oc(=O)n(C)c3c2)ncn1)c1ccc(-c2nnc[nH]2)cc1. The van der Waals surface area contributed by atoms with Gasteiger partial charge in [-0.1, -0.05) is 30.3 Å². The number of carbonyl (C=O) groups excluding carboxylic acids is 2. The average molecular weight is 499 g/mol. The maximum Gasteiger partial charge on any atom is 0.419 e. The number of hydrogen-bond donors (Lipinski definition) is 3. The number of carbonyl (C=O) groups is 2. The monoisotopic (exact) mass is 498 g/mol. The van der Waals surface area contributed by atoms with Crippen LogP contribution >= 0.6 is 0 Å². The van der Waals surface area contributed by atoms with E-state index in [-0.39, 0.29) is 24.0 Å². The number of H-pyrrole nitrogens is 1. The van der Waals surface area contributed by atoms with Gasteiger partial charge in [-0.3, -0.25) is 14.2 Å². The number of aromatic nitrogens is 6. The molecule has 0 saturated carbocycles. The smallest absolute Gasteiger partial charge is 0.408 e. The molecule has 3 heterocycles. The zero-order chi connectivity index (χ0) is 25.9. The number of hydrogen-bond acceptors (Lipinski definition) is 8. The van der Waals surface area contributed by atoms with E-state index in [0.29, 0.717) is 16.9 Å². The second-order valence-corrected chi connectivity index (χ2v) is 8.35. The van der Waals surface area contributed by atoms with E-state index in [1.165, 1.54) is 23.3 Å². The summed E-state index contributed by atoms with van der Waals surface area (Å²) in [6, 6.07) is 13.8. The van der Waals surface area contributed by atoms with Crippen LogP contribution in [-0.2, 0) is 13.6 Å². The first-order valence-corrected chi connectivity index (χ1v) is 11.3. The summed E-state index contributed by atoms with van der Waals surface area (Å²) in [5.41, 5.74) is 3.75. The van der Waals surface area contributed by atoms with E-state index in [9.17, 15) is 14.4 Å². The molecule has 0 fully saturated rings. The summed E-state index contributed by atoms with van der Waals surface area (Å²) >= 11 is 0. The Kier molecular flexibility index (Phi) is 6.29. The van der Waals surface area contributed by atoms with Gasteiger partial charge in [-0.25, -0.2) is 14.8 Å². The van der Waals surface area contributed by atoms with Gasteiger partial charge in [0.05, 0.1) is 11.6 Å². The fourth-order valence-corrected chi connectivity index (χ4v) is 3.79. The fourth-order valence-electron chi connectivity index (χ4n) is 3.79. The largest absolute Gasteiger partial charge is 0.419 e. The van der Waals surface area contributed by atoms with Crippen LogP contribution in [0, 0.1) is 0 Å². The number of aromatic amines is 1. The van der Waals surface area contributed by atoms with Gasteiger partial charge < -0.3 is 20.0 Å². The van der Waals surface area contributed by atoms with Crippen molar-refractivity contribution in [1.82, 2.24) is 40.3 Å². The molecule has 5 aromatic rings. The Labute approximate surface area is 209 Å². The van der Waals surface area contributed by atoms with E-state index in [2.05, 4.69) is 35.8 Å². The quantitative estimate of drug-likeness (QED) is 0.307. The van der Waals surface area contributed by atoms with Crippen molar-refractivity contribution in [3.8, 4) is 11.4 Å². The number of nitrogens with one attached hydrogen (secondary N) is 3. The minimum Gasteiger partial charge on any atom is -0.408 e. The standard InChI is InChI=1S/C25H22N8O4/c1-14(16-4-6-17(7-5-16)22-29-13-30-32-22)31-24(35)19-10-18(27-12-28-19)23(34)26-11-15-3-8-21-20(9-15)33(2)25(36)37-21/h3-10,12-14H,11H2,1-2H3,(H,26,34)(H,31,35)(H,29,30,32)/t14-/m0/s1. The molecule has 3 N–H and O–H groups in total. The van der Waals surface area contributed by atoms with Crippen LogP contribution in [0.15, 0.2) is 70.4 Å². The second kappa shape index (κ2) is 9.85. The summed E-state index contributed by atoms with van der Waals surface area (Å²) in [7, 11) is 1.61. The van der Waals surface area contributed by atoms with E-state index in [4.69, 9.17) is 4.42 Å². The molecule has 0 radical (unpaired) electrons. The molecule has 12 nitrogen and oxygen atoms in total. The number of fused-ring (bicyclic) bond motifs is 1. The second-order valence-electron chi connectivity index (χ2n) is 8.35. The van der Waals surface area contributed by atoms with E-state index >= 15 is 0 Å². The molecular weight excluding hydrogens is 476 g/mol. The number of amides is 2. The van der Waals surface area contributed by atoms with E-state index in [1.807, 2.05) is 31.2 Å². The molecule has 2 aromatic carbocycles. The third-order valence-corrected chi connectivity index (χ3v) is 5.89. The Morgan fingerprint density at radius 1 is 1.05 bits per heavy atom. The minimum atomic E-state index is -0.464. The predicted molar refractivity (Wildman–Crippen MR) is 132 cm³/mol. The number of benzene rings is 2. The summed E-state index contributed by atoms with van der Waals surface area (Å²) < 4.78 is 6.51. The molecule has 2 amide bonds. The molecule has 12 heteroatoms. The number of oxazole rings is 1. The zero-order valence-electron chi connectivity index (χ0n) is 19.9. The highest BCUT2D eigenvalue weighted by Crippen LogP contribution is 2.19. The van der Waals surface area contributed by atoms with Crippen LogP contribution in [0.3, 0.4) is 0 Å². The van der Waals surface area contributed by atoms with E-state index in [1.54, 1.807) is 25.2 Å². The summed E-state index contributed by atoms with van der Waals surface area (Å²) in [6.07, 6.45) is 2.68. The molecule has 186 valence electrons. The molecule has 0 unspecified atom stereocenters. The van der Waals surface area contributed by atoms with Crippen LogP contribution in [-0.4, -0.2) is 41.5 Å². The van der Waals surface area contributed by atoms with Crippen molar-refractivity contribution in [2.75, 3.05) is 0 Å². The van der Waals surface area contributed by atoms with Gasteiger partial charge in [-0.15, -0.1) is 10.2 Å². The molecule has 5 rings (SSSR count). The summed E-state index contributed by atoms with van der Waals surface area (Å²) in [4.78, 5) is 48.1. The normalized spacial score (nSPS) is 11.8. The molecule has 3 aromatic heterocycles. The third-order valence-electron chi connectivity index (χ3n) is 5.89. The first-order chi connectivity index (χ1) is 17.9. The van der Waals surface area contributed by atoms with Crippen LogP contribution in [0.5, 0.6) is 0 Å². The maximum absolute atomic E-state index is 12.8. The zero-order valence-corrected chi connectivity index (χ0v) is 19.9. The lowest BCUT2D eigenvalue weighted by Crippen LogP contribution is -2.29. The van der Waals surface area contributed by atoms with Gasteiger partial charge in [0.15, 0.2) is 11.4 Å². The Morgan fingerprint density at radius 2 is 1.81 bits per heavy atom. The summed E-state index contributed by atoms with van der Waals surface area (Å²) in [5, 5.41) is 13.4. The highest BCUT2D eigenvalue weighted by atomic mass is 16.4. The van der Waals surface area contributed by atoms with Crippen LogP contribution in [0.25, 0.3) is 22.5 Å². The van der Waals surface area contributed by atoms with Gasteiger partial charge in [-0.05, 0) is 30.2 Å². The lowest BCUT2D eigenvalue weighted by molar-refractivity contribution is 0.0934. The van der Waals surface area contributed by atoms with Gasteiger partial charge in [0.1, 0.15) is 24.0 Å². The van der Waals surface area contributed by atoms with Gasteiger partial charge in [0, 0.05) is 25.2 Å². The number of nitrogens with zero attached hydrogens (tertiary/aromatic N) is 5. The highest BCUT2D eigenvalue weighted by molar-refractivity contribution is 5.97. The molecule has 1 atom stereocenters. The average Bonchev–Trinajstić information content (AvgIpc) is 3.56. The Morgan fingerprint density at radius 3 is 2.54 bits per heavy atom. The van der Waals surface area contributed by atoms with Crippen LogP contribution in [0.1, 0.15) is 45.1 Å². The first-order valence-electron chi connectivity index (χ1n) is 11.3. The number of rotatable bonds is 7. The molecule has 0 bridgehead atoms. The van der Waals surface area contributed by atoms with Crippen LogP contribution in [0.2, 0.25) is 0 Å². The molecular formula is C25H22N8O4. The maximum atomic E-state index is 12.8. The van der Waals surface area contributed by atoms with Gasteiger partial charge in [-0.2, -0.15) is 0 Å². The van der Waals surface area contributed by atoms with Crippen molar-refractivity contribution < 1.29 is 14.0 Å². The van der Waals surface area contributed by atoms with Gasteiger partial charge in [0.2, 0.25) is 0 Å². The van der Waals surface area contributed by atoms with Gasteiger partial charge in [0.25, 0.3) is 11.8 Å². The van der Waals surface area contributed by atoms with Crippen molar-refractivity contribution in [2.45, 2.75) is 19.5 Å². The van der Waals surface area contributed by atoms with E-state index in [0.717, 1.165) is 16.7 Å². The lowest BCUT2D eigenvalue weighted by atomic mass is 10.1. The minimum absolute atomic E-state index is 0.0565. The Balaban J connectivity index is 1.22. The fraction of sp³-hybridized carbons (Fsp3) is 0.160. The summed E-state index contributed by atoms with van der Waals surface area (Å²) in [5.74, 6) is -0.702. The highest BCUT2D eigenvalue weighted by Gasteiger charge is 2.16. The predicted octanol–water partition coefficient (Wildman–Crippen LogP) is 2.13. The Hall–Kier alpha value is -5.13. The van der Waals surface area contributed by atoms with Crippen LogP contribution in [0.4, 0.5) is 0 Å². The first kappa shape index (κ1) is 23.6. The molecule has 0 aliphatic rings. The third kappa shape index (κ3) is 4.98. The molecule has 0 aliphatic carbocycles. The molecule has 0 spiro atoms. The van der Waals surface area contributed by atoms with Crippen molar-refractivity contribution in [1.29, 1.82) is 0 Å². The van der Waals surface area contributed by atoms with Crippen molar-refractivity contribution in [2.24, 2.45) is 7.05 Å². The van der Waals surface area contributed by atoms with E-state index < -0.39 is 17.6 Å². The molecule has 0 aliphatic heterocycles.